The lowest BCUT2D eigenvalue weighted by Gasteiger charge is -2.15. The fraction of sp³-hybridized carbons (Fsp3) is 0.375. The van der Waals surface area contributed by atoms with Gasteiger partial charge in [-0.25, -0.2) is 0 Å². The molecule has 0 aliphatic heterocycles. The number of benzene rings is 2. The van der Waals surface area contributed by atoms with Gasteiger partial charge in [0.25, 0.3) is 0 Å². The summed E-state index contributed by atoms with van der Waals surface area (Å²) >= 11 is 7.08. The molecule has 3 aromatic rings. The number of rotatable bonds is 9. The standard InChI is InChI=1S/C24H26ClF3N4O2S/c1-5-32-21(12-34-20-10-15(4)6-8-17(20)14(2)3)30-31-23(32)35-13-22(33)29-19-11-16(24(26,27)28)7-9-18(19)25/h6-11,14H,5,12-13H2,1-4H3,(H,29,33). The third-order valence-corrected chi connectivity index (χ3v) is 6.45. The number of aromatic nitrogens is 3. The van der Waals surface area contributed by atoms with Crippen molar-refractivity contribution < 1.29 is 22.7 Å². The Balaban J connectivity index is 1.65. The fourth-order valence-electron chi connectivity index (χ4n) is 3.35. The first-order valence-electron chi connectivity index (χ1n) is 10.9. The molecule has 1 amide bonds. The molecule has 35 heavy (non-hydrogen) atoms. The van der Waals surface area contributed by atoms with E-state index >= 15 is 0 Å². The minimum atomic E-state index is -4.54. The third-order valence-electron chi connectivity index (χ3n) is 5.16. The van der Waals surface area contributed by atoms with E-state index < -0.39 is 17.6 Å². The topological polar surface area (TPSA) is 69.0 Å². The Morgan fingerprint density at radius 3 is 2.60 bits per heavy atom. The molecule has 1 heterocycles. The lowest BCUT2D eigenvalue weighted by Crippen LogP contribution is -2.16. The Bertz CT molecular complexity index is 1200. The van der Waals surface area contributed by atoms with Crippen LogP contribution in [-0.2, 0) is 24.1 Å². The number of anilines is 1. The summed E-state index contributed by atoms with van der Waals surface area (Å²) in [4.78, 5) is 12.4. The average molecular weight is 527 g/mol. The number of carbonyl (C=O) groups excluding carboxylic acids is 1. The van der Waals surface area contributed by atoms with Crippen LogP contribution in [0.3, 0.4) is 0 Å². The summed E-state index contributed by atoms with van der Waals surface area (Å²) in [7, 11) is 0. The van der Waals surface area contributed by atoms with E-state index in [-0.39, 0.29) is 23.1 Å². The van der Waals surface area contributed by atoms with Crippen LogP contribution < -0.4 is 10.1 Å². The van der Waals surface area contributed by atoms with Gasteiger partial charge in [0.05, 0.1) is 22.0 Å². The SMILES string of the molecule is CCn1c(COc2cc(C)ccc2C(C)C)nnc1SCC(=O)Nc1cc(C(F)(F)F)ccc1Cl. The molecule has 0 atom stereocenters. The van der Waals surface area contributed by atoms with Crippen molar-refractivity contribution in [2.45, 2.75) is 58.1 Å². The molecule has 0 saturated carbocycles. The van der Waals surface area contributed by atoms with E-state index in [0.717, 1.165) is 46.8 Å². The van der Waals surface area contributed by atoms with Crippen molar-refractivity contribution in [1.82, 2.24) is 14.8 Å². The molecule has 0 fully saturated rings. The molecule has 0 spiro atoms. The molecule has 0 radical (unpaired) electrons. The van der Waals surface area contributed by atoms with Gasteiger partial charge in [-0.05, 0) is 55.2 Å². The summed E-state index contributed by atoms with van der Waals surface area (Å²) in [6.45, 7) is 8.87. The zero-order chi connectivity index (χ0) is 25.8. The second-order valence-corrected chi connectivity index (χ2v) is 9.51. The van der Waals surface area contributed by atoms with Crippen molar-refractivity contribution in [1.29, 1.82) is 0 Å². The van der Waals surface area contributed by atoms with Crippen LogP contribution in [0.1, 0.15) is 49.2 Å². The van der Waals surface area contributed by atoms with Crippen molar-refractivity contribution in [2.75, 3.05) is 11.1 Å². The Morgan fingerprint density at radius 1 is 1.20 bits per heavy atom. The van der Waals surface area contributed by atoms with Crippen molar-refractivity contribution >= 4 is 35.0 Å². The largest absolute Gasteiger partial charge is 0.485 e. The monoisotopic (exact) mass is 526 g/mol. The van der Waals surface area contributed by atoms with Gasteiger partial charge in [-0.2, -0.15) is 13.2 Å². The first-order valence-corrected chi connectivity index (χ1v) is 12.3. The lowest BCUT2D eigenvalue weighted by atomic mass is 10.0. The molecule has 6 nitrogen and oxygen atoms in total. The minimum Gasteiger partial charge on any atom is -0.485 e. The molecule has 0 bridgehead atoms. The smallest absolute Gasteiger partial charge is 0.416 e. The zero-order valence-electron chi connectivity index (χ0n) is 19.7. The van der Waals surface area contributed by atoms with E-state index in [2.05, 4.69) is 35.4 Å². The fourth-order valence-corrected chi connectivity index (χ4v) is 4.34. The molecule has 3 rings (SSSR count). The van der Waals surface area contributed by atoms with Crippen molar-refractivity contribution in [3.05, 3.63) is 63.9 Å². The van der Waals surface area contributed by atoms with Gasteiger partial charge in [-0.15, -0.1) is 10.2 Å². The minimum absolute atomic E-state index is 0.0180. The van der Waals surface area contributed by atoms with Gasteiger partial charge in [0.1, 0.15) is 12.4 Å². The molecular formula is C24H26ClF3N4O2S. The summed E-state index contributed by atoms with van der Waals surface area (Å²) < 4.78 is 46.8. The third kappa shape index (κ3) is 6.91. The molecule has 0 saturated heterocycles. The summed E-state index contributed by atoms with van der Waals surface area (Å²) in [5, 5.41) is 11.3. The van der Waals surface area contributed by atoms with Crippen LogP contribution in [0.15, 0.2) is 41.6 Å². The van der Waals surface area contributed by atoms with Crippen molar-refractivity contribution in [2.24, 2.45) is 0 Å². The average Bonchev–Trinajstić information content (AvgIpc) is 3.18. The van der Waals surface area contributed by atoms with Gasteiger partial charge >= 0.3 is 6.18 Å². The van der Waals surface area contributed by atoms with Gasteiger partial charge in [0.15, 0.2) is 11.0 Å². The number of nitrogens with zero attached hydrogens (tertiary/aromatic N) is 3. The van der Waals surface area contributed by atoms with E-state index in [1.807, 2.05) is 30.5 Å². The van der Waals surface area contributed by atoms with Gasteiger partial charge in [-0.3, -0.25) is 4.79 Å². The number of aryl methyl sites for hydroxylation is 1. The van der Waals surface area contributed by atoms with Gasteiger partial charge in [0.2, 0.25) is 5.91 Å². The van der Waals surface area contributed by atoms with Gasteiger partial charge < -0.3 is 14.6 Å². The Labute approximate surface area is 211 Å². The van der Waals surface area contributed by atoms with Crippen LogP contribution in [0.2, 0.25) is 5.02 Å². The van der Waals surface area contributed by atoms with Gasteiger partial charge in [-0.1, -0.05) is 49.3 Å². The first-order chi connectivity index (χ1) is 16.5. The normalized spacial score (nSPS) is 11.7. The summed E-state index contributed by atoms with van der Waals surface area (Å²) in [6, 6.07) is 8.86. The molecule has 1 aromatic heterocycles. The summed E-state index contributed by atoms with van der Waals surface area (Å²) in [6.07, 6.45) is -4.54. The second kappa shape index (κ2) is 11.3. The van der Waals surface area contributed by atoms with E-state index in [0.29, 0.717) is 23.4 Å². The number of halogens is 4. The van der Waals surface area contributed by atoms with Crippen LogP contribution in [-0.4, -0.2) is 26.4 Å². The van der Waals surface area contributed by atoms with Crippen LogP contribution in [0.25, 0.3) is 0 Å². The molecule has 1 N–H and O–H groups in total. The van der Waals surface area contributed by atoms with E-state index in [4.69, 9.17) is 16.3 Å². The zero-order valence-corrected chi connectivity index (χ0v) is 21.3. The number of amides is 1. The second-order valence-electron chi connectivity index (χ2n) is 8.16. The lowest BCUT2D eigenvalue weighted by molar-refractivity contribution is -0.137. The Morgan fingerprint density at radius 2 is 1.94 bits per heavy atom. The number of carbonyl (C=O) groups is 1. The number of ether oxygens (including phenoxy) is 1. The quantitative estimate of drug-likeness (QED) is 0.314. The summed E-state index contributed by atoms with van der Waals surface area (Å²) in [5.41, 5.74) is 1.19. The highest BCUT2D eigenvalue weighted by Crippen LogP contribution is 2.34. The van der Waals surface area contributed by atoms with E-state index in [1.54, 1.807) is 0 Å². The van der Waals surface area contributed by atoms with Crippen LogP contribution in [0.4, 0.5) is 18.9 Å². The highest BCUT2D eigenvalue weighted by atomic mass is 35.5. The number of nitrogens with one attached hydrogen (secondary N) is 1. The van der Waals surface area contributed by atoms with Crippen LogP contribution >= 0.6 is 23.4 Å². The highest BCUT2D eigenvalue weighted by Gasteiger charge is 2.31. The number of hydrogen-bond donors (Lipinski definition) is 1. The summed E-state index contributed by atoms with van der Waals surface area (Å²) in [5.74, 6) is 1.09. The van der Waals surface area contributed by atoms with E-state index in [1.165, 1.54) is 0 Å². The molecule has 2 aromatic carbocycles. The Kier molecular flexibility index (Phi) is 8.71. The number of thioether (sulfide) groups is 1. The molecule has 0 aliphatic carbocycles. The molecular weight excluding hydrogens is 501 g/mol. The van der Waals surface area contributed by atoms with Gasteiger partial charge in [0, 0.05) is 6.54 Å². The van der Waals surface area contributed by atoms with E-state index in [9.17, 15) is 18.0 Å². The predicted molar refractivity (Wildman–Crippen MR) is 131 cm³/mol. The van der Waals surface area contributed by atoms with Crippen molar-refractivity contribution in [3.8, 4) is 5.75 Å². The molecule has 11 heteroatoms. The predicted octanol–water partition coefficient (Wildman–Crippen LogP) is 6.71. The molecule has 0 aliphatic rings. The highest BCUT2D eigenvalue weighted by molar-refractivity contribution is 7.99. The molecule has 188 valence electrons. The Hall–Kier alpha value is -2.72. The maximum Gasteiger partial charge on any atom is 0.416 e. The van der Waals surface area contributed by atoms with Crippen LogP contribution in [0, 0.1) is 6.92 Å². The molecule has 0 unspecified atom stereocenters. The van der Waals surface area contributed by atoms with Crippen molar-refractivity contribution in [3.63, 3.8) is 0 Å². The number of hydrogen-bond acceptors (Lipinski definition) is 5. The maximum atomic E-state index is 13.0. The van der Waals surface area contributed by atoms with Crippen LogP contribution in [0.5, 0.6) is 5.75 Å². The first kappa shape index (κ1) is 26.9. The number of alkyl halides is 3. The maximum absolute atomic E-state index is 13.0.